The number of hydrogen-bond donors (Lipinski definition) is 2. The van der Waals surface area contributed by atoms with Gasteiger partial charge in [-0.25, -0.2) is 8.78 Å². The highest BCUT2D eigenvalue weighted by Gasteiger charge is 2.39. The van der Waals surface area contributed by atoms with Crippen molar-refractivity contribution in [1.29, 1.82) is 0 Å². The zero-order chi connectivity index (χ0) is 18.2. The zero-order valence-corrected chi connectivity index (χ0v) is 13.4. The number of anilines is 1. The van der Waals surface area contributed by atoms with Gasteiger partial charge in [-0.15, -0.1) is 0 Å². The second kappa shape index (κ2) is 6.70. The third-order valence-corrected chi connectivity index (χ3v) is 4.26. The van der Waals surface area contributed by atoms with Gasteiger partial charge in [0.2, 0.25) is 0 Å². The van der Waals surface area contributed by atoms with Crippen LogP contribution >= 0.6 is 0 Å². The van der Waals surface area contributed by atoms with Gasteiger partial charge >= 0.3 is 6.18 Å². The van der Waals surface area contributed by atoms with Crippen molar-refractivity contribution in [2.45, 2.75) is 37.7 Å². The summed E-state index contributed by atoms with van der Waals surface area (Å²) in [6, 6.07) is 0.197. The molecule has 4 nitrogen and oxygen atoms in total. The van der Waals surface area contributed by atoms with Crippen molar-refractivity contribution in [2.75, 3.05) is 18.0 Å². The van der Waals surface area contributed by atoms with E-state index in [0.717, 1.165) is 17.0 Å². The third kappa shape index (κ3) is 3.97. The average Bonchev–Trinajstić information content (AvgIpc) is 2.44. The van der Waals surface area contributed by atoms with E-state index in [-0.39, 0.29) is 11.9 Å². The van der Waals surface area contributed by atoms with E-state index in [4.69, 9.17) is 4.74 Å². The summed E-state index contributed by atoms with van der Waals surface area (Å²) in [6.45, 7) is 2.69. The summed E-state index contributed by atoms with van der Waals surface area (Å²) in [7, 11) is 0. The van der Waals surface area contributed by atoms with Gasteiger partial charge in [-0.3, -0.25) is 0 Å². The number of hydrogen-bond acceptors (Lipinski definition) is 4. The number of rotatable bonds is 4. The van der Waals surface area contributed by atoms with E-state index < -0.39 is 42.0 Å². The van der Waals surface area contributed by atoms with Crippen molar-refractivity contribution in [1.82, 2.24) is 10.6 Å². The van der Waals surface area contributed by atoms with E-state index >= 15 is 0 Å². The summed E-state index contributed by atoms with van der Waals surface area (Å²) < 4.78 is 73.0. The lowest BCUT2D eigenvalue weighted by atomic mass is 10.0. The number of halogens is 5. The molecule has 0 amide bonds. The molecular formula is C16H18F5N3O. The molecule has 138 valence electrons. The fourth-order valence-electron chi connectivity index (χ4n) is 2.89. The molecule has 1 aromatic carbocycles. The van der Waals surface area contributed by atoms with Gasteiger partial charge in [-0.2, -0.15) is 13.2 Å². The first-order valence-electron chi connectivity index (χ1n) is 7.89. The van der Waals surface area contributed by atoms with Gasteiger partial charge in [0.1, 0.15) is 17.5 Å². The third-order valence-electron chi connectivity index (χ3n) is 4.26. The molecule has 0 bridgehead atoms. The predicted octanol–water partition coefficient (Wildman–Crippen LogP) is 2.91. The number of benzene rings is 1. The molecule has 0 spiro atoms. The van der Waals surface area contributed by atoms with Crippen LogP contribution in [-0.2, 0) is 0 Å². The Morgan fingerprint density at radius 2 is 1.84 bits per heavy atom. The number of nitrogens with zero attached hydrogens (tertiary/aromatic N) is 1. The molecule has 2 heterocycles. The molecule has 3 rings (SSSR count). The molecule has 1 unspecified atom stereocenters. The van der Waals surface area contributed by atoms with Crippen molar-refractivity contribution in [3.05, 3.63) is 36.2 Å². The van der Waals surface area contributed by atoms with Crippen LogP contribution in [0.15, 0.2) is 24.5 Å². The summed E-state index contributed by atoms with van der Waals surface area (Å²) in [5.74, 6) is -1.91. The summed E-state index contributed by atoms with van der Waals surface area (Å²) >= 11 is 0. The van der Waals surface area contributed by atoms with Crippen LogP contribution < -0.4 is 20.3 Å². The molecule has 2 atom stereocenters. The van der Waals surface area contributed by atoms with Crippen LogP contribution in [-0.4, -0.2) is 37.5 Å². The van der Waals surface area contributed by atoms with E-state index in [1.807, 2.05) is 0 Å². The molecule has 9 heteroatoms. The fraction of sp³-hybridized carbons (Fsp3) is 0.500. The Morgan fingerprint density at radius 1 is 1.20 bits per heavy atom. The summed E-state index contributed by atoms with van der Waals surface area (Å²) in [6.07, 6.45) is -3.23. The van der Waals surface area contributed by atoms with Crippen LogP contribution in [0.5, 0.6) is 5.75 Å². The minimum atomic E-state index is -4.46. The van der Waals surface area contributed by atoms with Gasteiger partial charge < -0.3 is 20.3 Å². The van der Waals surface area contributed by atoms with Crippen molar-refractivity contribution in [3.8, 4) is 5.75 Å². The highest BCUT2D eigenvalue weighted by Crippen LogP contribution is 2.35. The number of nitrogens with one attached hydrogen (secondary N) is 2. The van der Waals surface area contributed by atoms with Gasteiger partial charge in [0, 0.05) is 43.7 Å². The first-order chi connectivity index (χ1) is 11.7. The first-order valence-corrected chi connectivity index (χ1v) is 7.89. The Kier molecular flexibility index (Phi) is 4.77. The monoisotopic (exact) mass is 363 g/mol. The van der Waals surface area contributed by atoms with Gasteiger partial charge in [0.05, 0.1) is 12.5 Å². The Hall–Kier alpha value is -2.03. The Balaban J connectivity index is 1.89. The van der Waals surface area contributed by atoms with Crippen molar-refractivity contribution in [2.24, 2.45) is 0 Å². The Labute approximate surface area is 141 Å². The van der Waals surface area contributed by atoms with E-state index in [1.165, 1.54) is 19.3 Å². The van der Waals surface area contributed by atoms with E-state index in [9.17, 15) is 22.0 Å². The van der Waals surface area contributed by atoms with E-state index in [0.29, 0.717) is 13.1 Å². The van der Waals surface area contributed by atoms with E-state index in [1.54, 1.807) is 0 Å². The normalized spacial score (nSPS) is 24.0. The van der Waals surface area contributed by atoms with Crippen LogP contribution in [0, 0.1) is 11.6 Å². The summed E-state index contributed by atoms with van der Waals surface area (Å²) in [5.41, 5.74) is -0.516. The quantitative estimate of drug-likeness (QED) is 0.807. The van der Waals surface area contributed by atoms with Crippen molar-refractivity contribution >= 4 is 5.69 Å². The number of alkyl halides is 3. The molecule has 0 radical (unpaired) electrons. The van der Waals surface area contributed by atoms with Crippen LogP contribution in [0.2, 0.25) is 0 Å². The molecule has 25 heavy (non-hydrogen) atoms. The van der Waals surface area contributed by atoms with Gasteiger partial charge in [0.25, 0.3) is 0 Å². The molecule has 1 fully saturated rings. The van der Waals surface area contributed by atoms with Gasteiger partial charge in [0.15, 0.2) is 11.6 Å². The Morgan fingerprint density at radius 3 is 2.36 bits per heavy atom. The first kappa shape index (κ1) is 17.8. The van der Waals surface area contributed by atoms with Crippen molar-refractivity contribution < 1.29 is 26.7 Å². The lowest BCUT2D eigenvalue weighted by Gasteiger charge is -2.39. The zero-order valence-electron chi connectivity index (χ0n) is 13.4. The fourth-order valence-corrected chi connectivity index (χ4v) is 2.89. The van der Waals surface area contributed by atoms with E-state index in [2.05, 4.69) is 10.6 Å². The minimum Gasteiger partial charge on any atom is -0.488 e. The molecular weight excluding hydrogens is 345 g/mol. The largest absolute Gasteiger partial charge is 0.488 e. The predicted molar refractivity (Wildman–Crippen MR) is 82.3 cm³/mol. The topological polar surface area (TPSA) is 36.5 Å². The maximum atomic E-state index is 14.5. The maximum Gasteiger partial charge on any atom is 0.391 e. The smallest absolute Gasteiger partial charge is 0.391 e. The lowest BCUT2D eigenvalue weighted by Crippen LogP contribution is -2.51. The SMILES string of the molecule is C[C@H]1NC=CN(c2c(F)cc(OC3CNC3)cc2F)C1CC(F)(F)F. The second-order valence-electron chi connectivity index (χ2n) is 6.20. The average molecular weight is 363 g/mol. The van der Waals surface area contributed by atoms with Crippen LogP contribution in [0.1, 0.15) is 13.3 Å². The van der Waals surface area contributed by atoms with Crippen LogP contribution in [0.3, 0.4) is 0 Å². The Bertz CT molecular complexity index is 637. The van der Waals surface area contributed by atoms with Crippen LogP contribution in [0.25, 0.3) is 0 Å². The molecule has 2 N–H and O–H groups in total. The highest BCUT2D eigenvalue weighted by molar-refractivity contribution is 5.56. The molecule has 1 aromatic rings. The molecule has 0 saturated carbocycles. The molecule has 2 aliphatic heterocycles. The van der Waals surface area contributed by atoms with Crippen molar-refractivity contribution in [3.63, 3.8) is 0 Å². The molecule has 1 saturated heterocycles. The summed E-state index contributed by atoms with van der Waals surface area (Å²) in [5, 5.41) is 5.71. The molecule has 0 aliphatic carbocycles. The lowest BCUT2D eigenvalue weighted by molar-refractivity contribution is -0.139. The summed E-state index contributed by atoms with van der Waals surface area (Å²) in [4.78, 5) is 0.994. The van der Waals surface area contributed by atoms with Gasteiger partial charge in [-0.05, 0) is 6.92 Å². The standard InChI is InChI=1S/C16H18F5N3O/c1-9-14(6-16(19,20)21)24(3-2-23-9)15-12(17)4-10(5-13(15)18)25-11-7-22-8-11/h2-5,9,11,14,22-23H,6-8H2,1H3/t9-,14?/m1/s1. The number of ether oxygens (including phenoxy) is 1. The maximum absolute atomic E-state index is 14.5. The highest BCUT2D eigenvalue weighted by atomic mass is 19.4. The van der Waals surface area contributed by atoms with Gasteiger partial charge in [-0.1, -0.05) is 0 Å². The molecule has 0 aromatic heterocycles. The second-order valence-corrected chi connectivity index (χ2v) is 6.20. The van der Waals surface area contributed by atoms with Crippen LogP contribution in [0.4, 0.5) is 27.6 Å². The minimum absolute atomic E-state index is 0.0183. The molecule has 2 aliphatic rings.